The first-order valence-corrected chi connectivity index (χ1v) is 9.37. The minimum atomic E-state index is -0.348. The van der Waals surface area contributed by atoms with Crippen molar-refractivity contribution in [1.82, 2.24) is 25.6 Å². The Morgan fingerprint density at radius 2 is 2.12 bits per heavy atom. The molecular weight excluding hydrogens is 332 g/mol. The monoisotopic (exact) mass is 364 g/mol. The van der Waals surface area contributed by atoms with Gasteiger partial charge in [0.1, 0.15) is 12.2 Å². The first-order chi connectivity index (χ1) is 12.5. The van der Waals surface area contributed by atoms with E-state index in [-0.39, 0.29) is 12.5 Å². The van der Waals surface area contributed by atoms with Gasteiger partial charge in [0.05, 0.1) is 19.9 Å². The van der Waals surface area contributed by atoms with E-state index in [2.05, 4.69) is 44.5 Å². The number of ether oxygens (including phenoxy) is 1. The van der Waals surface area contributed by atoms with E-state index < -0.39 is 0 Å². The Balaban J connectivity index is 1.83. The Labute approximate surface area is 155 Å². The summed E-state index contributed by atoms with van der Waals surface area (Å²) in [6.45, 7) is 6.10. The van der Waals surface area contributed by atoms with Gasteiger partial charge in [-0.3, -0.25) is 9.79 Å². The zero-order chi connectivity index (χ0) is 19.0. The lowest BCUT2D eigenvalue weighted by Crippen LogP contribution is -2.43. The van der Waals surface area contributed by atoms with E-state index in [0.717, 1.165) is 18.2 Å². The third kappa shape index (κ3) is 6.00. The van der Waals surface area contributed by atoms with E-state index >= 15 is 0 Å². The molecule has 1 aromatic rings. The van der Waals surface area contributed by atoms with Crippen LogP contribution in [0.25, 0.3) is 0 Å². The summed E-state index contributed by atoms with van der Waals surface area (Å²) in [5.74, 6) is 1.12. The van der Waals surface area contributed by atoms with E-state index in [1.807, 2.05) is 0 Å². The maximum Gasteiger partial charge on any atom is 0.327 e. The molecule has 1 aliphatic carbocycles. The van der Waals surface area contributed by atoms with E-state index in [1.165, 1.54) is 43.9 Å². The predicted molar refractivity (Wildman–Crippen MR) is 101 cm³/mol. The molecule has 0 aliphatic heterocycles. The number of esters is 1. The summed E-state index contributed by atoms with van der Waals surface area (Å²) in [5, 5.41) is 14.7. The molecule has 1 fully saturated rings. The largest absolute Gasteiger partial charge is 0.468 e. The second-order valence-corrected chi connectivity index (χ2v) is 7.57. The van der Waals surface area contributed by atoms with Crippen LogP contribution in [0, 0.1) is 11.3 Å². The summed E-state index contributed by atoms with van der Waals surface area (Å²) < 4.78 is 6.09. The quantitative estimate of drug-likeness (QED) is 0.414. The zero-order valence-corrected chi connectivity index (χ0v) is 16.4. The minimum absolute atomic E-state index is 0.0637. The average Bonchev–Trinajstić information content (AvgIpc) is 3.24. The Morgan fingerprint density at radius 1 is 1.38 bits per heavy atom. The number of guanidine groups is 1. The molecule has 0 unspecified atom stereocenters. The Bertz CT molecular complexity index is 605. The summed E-state index contributed by atoms with van der Waals surface area (Å²) >= 11 is 0. The van der Waals surface area contributed by atoms with Gasteiger partial charge >= 0.3 is 5.97 Å². The summed E-state index contributed by atoms with van der Waals surface area (Å²) in [6.07, 6.45) is 8.20. The van der Waals surface area contributed by atoms with Gasteiger partial charge in [0, 0.05) is 13.6 Å². The van der Waals surface area contributed by atoms with Gasteiger partial charge in [-0.15, -0.1) is 5.10 Å². The van der Waals surface area contributed by atoms with Crippen LogP contribution in [-0.2, 0) is 22.6 Å². The van der Waals surface area contributed by atoms with Crippen LogP contribution in [0.1, 0.15) is 51.6 Å². The van der Waals surface area contributed by atoms with Gasteiger partial charge in [0.15, 0.2) is 5.96 Å². The molecule has 2 N–H and O–H groups in total. The van der Waals surface area contributed by atoms with Gasteiger partial charge in [-0.2, -0.15) is 0 Å². The Kier molecular flexibility index (Phi) is 7.41. The molecule has 2 rings (SSSR count). The van der Waals surface area contributed by atoms with Crippen molar-refractivity contribution < 1.29 is 9.53 Å². The number of methoxy groups -OCH3 is 1. The van der Waals surface area contributed by atoms with E-state index in [0.29, 0.717) is 17.9 Å². The smallest absolute Gasteiger partial charge is 0.327 e. The maximum absolute atomic E-state index is 11.3. The van der Waals surface area contributed by atoms with Crippen LogP contribution < -0.4 is 10.6 Å². The van der Waals surface area contributed by atoms with E-state index in [1.54, 1.807) is 13.2 Å². The maximum atomic E-state index is 11.3. The highest BCUT2D eigenvalue weighted by Crippen LogP contribution is 2.42. The van der Waals surface area contributed by atoms with Crippen LogP contribution in [0.2, 0.25) is 0 Å². The third-order valence-corrected chi connectivity index (χ3v) is 4.90. The summed E-state index contributed by atoms with van der Waals surface area (Å²) in [7, 11) is 3.13. The van der Waals surface area contributed by atoms with Crippen LogP contribution >= 0.6 is 0 Å². The molecule has 26 heavy (non-hydrogen) atoms. The summed E-state index contributed by atoms with van der Waals surface area (Å²) in [4.78, 5) is 15.6. The number of carbonyl (C=O) groups excluding carboxylic acids is 1. The van der Waals surface area contributed by atoms with Crippen molar-refractivity contribution in [2.75, 3.05) is 20.7 Å². The second-order valence-electron chi connectivity index (χ2n) is 7.57. The number of aromatic nitrogens is 3. The van der Waals surface area contributed by atoms with Crippen molar-refractivity contribution in [3.05, 3.63) is 11.9 Å². The molecule has 1 aromatic heterocycles. The highest BCUT2D eigenvalue weighted by atomic mass is 16.5. The molecule has 0 amide bonds. The highest BCUT2D eigenvalue weighted by molar-refractivity contribution is 5.79. The molecule has 8 nitrogen and oxygen atoms in total. The van der Waals surface area contributed by atoms with Crippen LogP contribution in [0.5, 0.6) is 0 Å². The van der Waals surface area contributed by atoms with Crippen molar-refractivity contribution in [2.24, 2.45) is 16.3 Å². The third-order valence-electron chi connectivity index (χ3n) is 4.90. The molecule has 8 heteroatoms. The molecule has 1 aliphatic rings. The van der Waals surface area contributed by atoms with Crippen LogP contribution in [0.4, 0.5) is 0 Å². The van der Waals surface area contributed by atoms with Crippen LogP contribution in [0.15, 0.2) is 11.2 Å². The van der Waals surface area contributed by atoms with E-state index in [4.69, 9.17) is 0 Å². The van der Waals surface area contributed by atoms with Crippen molar-refractivity contribution in [3.8, 4) is 0 Å². The fourth-order valence-electron chi connectivity index (χ4n) is 3.80. The SMILES string of the molecule is CN=C(NCc1cn(CC(=O)OC)nn1)NCC1(CC(C)C)CCCC1. The van der Waals surface area contributed by atoms with Crippen LogP contribution in [-0.4, -0.2) is 47.6 Å². The molecule has 0 spiro atoms. The van der Waals surface area contributed by atoms with E-state index in [9.17, 15) is 4.79 Å². The topological polar surface area (TPSA) is 93.4 Å². The number of carbonyl (C=O) groups is 1. The number of hydrogen-bond donors (Lipinski definition) is 2. The van der Waals surface area contributed by atoms with Gasteiger partial charge in [-0.05, 0) is 30.6 Å². The highest BCUT2D eigenvalue weighted by Gasteiger charge is 2.34. The van der Waals surface area contributed by atoms with Crippen molar-refractivity contribution in [1.29, 1.82) is 0 Å². The first-order valence-electron chi connectivity index (χ1n) is 9.37. The van der Waals surface area contributed by atoms with Crippen LogP contribution in [0.3, 0.4) is 0 Å². The second kappa shape index (κ2) is 9.54. The lowest BCUT2D eigenvalue weighted by Gasteiger charge is -2.31. The predicted octanol–water partition coefficient (Wildman–Crippen LogP) is 1.72. The molecule has 146 valence electrons. The fourth-order valence-corrected chi connectivity index (χ4v) is 3.80. The molecular formula is C18H32N6O2. The van der Waals surface area contributed by atoms with Crippen molar-refractivity contribution in [2.45, 2.75) is 59.0 Å². The Hall–Kier alpha value is -2.12. The molecule has 0 aromatic carbocycles. The average molecular weight is 364 g/mol. The number of aliphatic imine (C=N–C) groups is 1. The fraction of sp³-hybridized carbons (Fsp3) is 0.778. The molecule has 1 saturated carbocycles. The number of hydrogen-bond acceptors (Lipinski definition) is 5. The number of nitrogens with zero attached hydrogens (tertiary/aromatic N) is 4. The molecule has 0 bridgehead atoms. The van der Waals surface area contributed by atoms with Gasteiger partial charge in [0.25, 0.3) is 0 Å². The lowest BCUT2D eigenvalue weighted by atomic mass is 9.78. The van der Waals surface area contributed by atoms with Gasteiger partial charge in [-0.25, -0.2) is 4.68 Å². The number of rotatable bonds is 8. The van der Waals surface area contributed by atoms with Gasteiger partial charge < -0.3 is 15.4 Å². The zero-order valence-electron chi connectivity index (χ0n) is 16.4. The first kappa shape index (κ1) is 20.2. The molecule has 0 saturated heterocycles. The molecule has 0 atom stereocenters. The summed E-state index contributed by atoms with van der Waals surface area (Å²) in [5.41, 5.74) is 1.13. The van der Waals surface area contributed by atoms with Crippen molar-refractivity contribution in [3.63, 3.8) is 0 Å². The standard InChI is InChI=1S/C18H32N6O2/c1-14(2)9-18(7-5-6-8-18)13-21-17(19-3)20-10-15-11-24(23-22-15)12-16(25)26-4/h11,14H,5-10,12-13H2,1-4H3,(H2,19,20,21). The number of nitrogens with one attached hydrogen (secondary N) is 2. The molecule has 0 radical (unpaired) electrons. The minimum Gasteiger partial charge on any atom is -0.468 e. The van der Waals surface area contributed by atoms with Crippen molar-refractivity contribution >= 4 is 11.9 Å². The lowest BCUT2D eigenvalue weighted by molar-refractivity contribution is -0.141. The molecule has 1 heterocycles. The Morgan fingerprint density at radius 3 is 2.73 bits per heavy atom. The normalized spacial score (nSPS) is 16.7. The van der Waals surface area contributed by atoms with Gasteiger partial charge in [0.2, 0.25) is 0 Å². The van der Waals surface area contributed by atoms with Gasteiger partial charge in [-0.1, -0.05) is 31.9 Å². The summed E-state index contributed by atoms with van der Waals surface area (Å²) in [6, 6.07) is 0.